The Kier molecular flexibility index (Phi) is 39.9. The van der Waals surface area contributed by atoms with E-state index in [1.165, 1.54) is 0 Å². The van der Waals surface area contributed by atoms with Gasteiger partial charge >= 0.3 is 689 Å². The molecule has 0 spiro atoms. The summed E-state index contributed by atoms with van der Waals surface area (Å²) in [4.78, 5) is 0. The monoisotopic (exact) mass is 1800 g/mol. The van der Waals surface area contributed by atoms with Gasteiger partial charge in [-0.15, -0.1) is 0 Å². The molecule has 0 aliphatic rings. The molecule has 30 heteroatoms. The van der Waals surface area contributed by atoms with Crippen LogP contribution >= 0.6 is 88.9 Å². The van der Waals surface area contributed by atoms with Gasteiger partial charge < -0.3 is 0 Å². The first-order valence-electron chi connectivity index (χ1n) is 41.0. The van der Waals surface area contributed by atoms with Gasteiger partial charge in [0.1, 0.15) is 0 Å². The van der Waals surface area contributed by atoms with Crippen LogP contribution in [0.3, 0.4) is 0 Å². The van der Waals surface area contributed by atoms with Crippen LogP contribution in [0.15, 0.2) is 0 Å². The van der Waals surface area contributed by atoms with E-state index in [4.69, 9.17) is 53.3 Å². The third-order valence-corrected chi connectivity index (χ3v) is 85.3. The molecule has 0 rings (SSSR count). The molecule has 0 aliphatic heterocycles. The summed E-state index contributed by atoms with van der Waals surface area (Å²) in [6, 6.07) is 0. The zero-order chi connectivity index (χ0) is 90.1. The van der Waals surface area contributed by atoms with Crippen molar-refractivity contribution >= 4 is 118 Å². The molecule has 0 unspecified atom stereocenters. The quantitative estimate of drug-likeness (QED) is 0.0436. The van der Waals surface area contributed by atoms with Gasteiger partial charge in [-0.3, -0.25) is 0 Å². The second-order valence-electron chi connectivity index (χ2n) is 52.6. The minimum atomic E-state index is -2.68. The maximum absolute atomic E-state index is 13.3. The first-order chi connectivity index (χ1) is 44.9. The molecule has 0 atom stereocenters. The summed E-state index contributed by atoms with van der Waals surface area (Å²) >= 11 is 0. The number of halogens is 1. The topological polar surface area (TPSA) is 111 Å². The Bertz CT molecular complexity index is 2200. The number of hydrogen-bond acceptors (Lipinski definition) is 12. The van der Waals surface area contributed by atoms with Crippen LogP contribution in [0.2, 0.25) is 0 Å². The van der Waals surface area contributed by atoms with E-state index in [1.54, 1.807) is 20.0 Å². The van der Waals surface area contributed by atoms with Gasteiger partial charge in [0.15, 0.2) is 0 Å². The number of hydrogen-bond donors (Lipinski definition) is 0. The molecule has 0 aromatic heterocycles. The first kappa shape index (κ1) is 122. The average Bonchev–Trinajstić information content (AvgIpc) is 0.765. The van der Waals surface area contributed by atoms with Crippen molar-refractivity contribution in [2.75, 3.05) is 260 Å². The molecule has 0 radical (unpaired) electrons. The standard InChI is InChI=1S/4C18H48BO3P3.C6H16FP/c4*1-16(2)23(7,8,9)20-19(21-24(10,11,12)17(3)4)22-25(13,14,15)18(5)6;1-6(2)8(3,4,5)7/h4*16-18H,1-15H3;6H,1-5H3. The van der Waals surface area contributed by atoms with Crippen LogP contribution in [-0.4, -0.2) is 363 Å². The van der Waals surface area contributed by atoms with Crippen molar-refractivity contribution in [3.63, 3.8) is 0 Å². The molecule has 0 N–H and O–H groups in total. The van der Waals surface area contributed by atoms with E-state index in [9.17, 15) is 4.20 Å². The Morgan fingerprint density at radius 2 is 0.176 bits per heavy atom. The van der Waals surface area contributed by atoms with Crippen molar-refractivity contribution in [1.82, 2.24) is 0 Å². The molecule has 676 valence electrons. The van der Waals surface area contributed by atoms with Crippen LogP contribution in [0.4, 0.5) is 4.20 Å². The molecule has 0 aliphatic carbocycles. The second kappa shape index (κ2) is 35.4. The van der Waals surface area contributed by atoms with E-state index in [0.717, 1.165) is 0 Å². The molecule has 0 bridgehead atoms. The Labute approximate surface area is 684 Å². The van der Waals surface area contributed by atoms with Crippen LogP contribution in [0.5, 0.6) is 0 Å². The van der Waals surface area contributed by atoms with Crippen LogP contribution < -0.4 is 0 Å². The fraction of sp³-hybridized carbons (Fsp3) is 1.00. The Morgan fingerprint density at radius 3 is 0.204 bits per heavy atom. The first-order valence-corrected chi connectivity index (χ1v) is 87.3. The van der Waals surface area contributed by atoms with Gasteiger partial charge in [-0.2, -0.15) is 0 Å². The predicted octanol–water partition coefficient (Wildman–Crippen LogP) is 28.0. The maximum atomic E-state index is 13.3. The SMILES string of the molecule is CC(C)P(C)(C)(C)F.CC(C)P(C)(C)(C)OB(OP(C)(C)(C)C(C)C)OP(C)(C)(C)C(C)C.CC(C)P(C)(C)(C)OB(OP(C)(C)(C)C(C)C)OP(C)(C)(C)C(C)C.CC(C)P(C)(C)(C)OB(OP(C)(C)(C)C(C)C)OP(C)(C)(C)C(C)C.CC(C)P(C)(C)(C)OB(OP(C)(C)(C)C(C)C)OP(C)(C)(C)C(C)C. The Balaban J connectivity index is -0.000000421. The fourth-order valence-corrected chi connectivity index (χ4v) is 17.5. The van der Waals surface area contributed by atoms with E-state index in [2.05, 4.69) is 406 Å². The van der Waals surface area contributed by atoms with E-state index < -0.39 is 118 Å². The summed E-state index contributed by atoms with van der Waals surface area (Å²) < 4.78 is 94.2. The summed E-state index contributed by atoms with van der Waals surface area (Å²) in [6.07, 6.45) is 0. The van der Waals surface area contributed by atoms with E-state index in [-0.39, 0.29) is 5.66 Å². The predicted molar refractivity (Wildman–Crippen MR) is 555 cm³/mol. The van der Waals surface area contributed by atoms with Crippen LogP contribution in [-0.2, 0) is 53.3 Å². The van der Waals surface area contributed by atoms with Crippen molar-refractivity contribution < 1.29 is 57.5 Å². The van der Waals surface area contributed by atoms with Crippen LogP contribution in [0.25, 0.3) is 0 Å². The van der Waals surface area contributed by atoms with Crippen molar-refractivity contribution in [3.05, 3.63) is 0 Å². The zero-order valence-electron chi connectivity index (χ0n) is 85.9. The third kappa shape index (κ3) is 41.2. The van der Waals surface area contributed by atoms with Crippen LogP contribution in [0, 0.1) is 0 Å². The fourth-order valence-electron chi connectivity index (χ4n) is 5.39. The molecule has 0 aromatic rings. The molecule has 0 heterocycles. The third-order valence-electron chi connectivity index (χ3n) is 28.4. The zero-order valence-corrected chi connectivity index (χ0v) is 97.5. The van der Waals surface area contributed by atoms with Gasteiger partial charge in [0.05, 0.1) is 0 Å². The molecule has 108 heavy (non-hydrogen) atoms. The van der Waals surface area contributed by atoms with Crippen LogP contribution in [0.1, 0.15) is 180 Å². The molecule has 0 saturated heterocycles. The molecule has 0 amide bonds. The molecule has 0 fully saturated rings. The minimum absolute atomic E-state index is 0.209. The average molecular weight is 1800 g/mol. The van der Waals surface area contributed by atoms with Crippen molar-refractivity contribution in [3.8, 4) is 0 Å². The van der Waals surface area contributed by atoms with E-state index in [1.807, 2.05) is 13.8 Å². The van der Waals surface area contributed by atoms with Crippen molar-refractivity contribution in [1.29, 1.82) is 0 Å². The molecule has 0 saturated carbocycles. The Morgan fingerprint density at radius 1 is 0.130 bits per heavy atom. The molecule has 12 nitrogen and oxygen atoms in total. The summed E-state index contributed by atoms with van der Waals surface area (Å²) in [5.41, 5.74) is 5.62. The van der Waals surface area contributed by atoms with Crippen molar-refractivity contribution in [2.24, 2.45) is 0 Å². The summed E-state index contributed by atoms with van der Waals surface area (Å²) in [5, 5.41) is 0. The molecule has 0 aromatic carbocycles. The van der Waals surface area contributed by atoms with E-state index >= 15 is 0 Å². The normalized spacial score (nSPS) is 19.1. The molecular formula is C78H208B4FO12P13. The summed E-state index contributed by atoms with van der Waals surface area (Å²) in [7, 11) is -2.39. The summed E-state index contributed by atoms with van der Waals surface area (Å²) in [5.74, 6) is 0. The Hall–Kier alpha value is 5.30. The number of rotatable bonds is 37. The van der Waals surface area contributed by atoms with Gasteiger partial charge in [0.2, 0.25) is 0 Å². The van der Waals surface area contributed by atoms with Crippen molar-refractivity contribution in [2.45, 2.75) is 254 Å². The van der Waals surface area contributed by atoms with E-state index in [0.29, 0.717) is 67.9 Å². The van der Waals surface area contributed by atoms with Gasteiger partial charge in [0, 0.05) is 0 Å². The van der Waals surface area contributed by atoms with Gasteiger partial charge in [-0.25, -0.2) is 0 Å². The summed E-state index contributed by atoms with van der Waals surface area (Å²) in [6.45, 7) is 114. The van der Waals surface area contributed by atoms with Gasteiger partial charge in [-0.1, -0.05) is 0 Å². The molecular weight excluding hydrogens is 1590 g/mol. The van der Waals surface area contributed by atoms with Gasteiger partial charge in [-0.05, 0) is 0 Å². The van der Waals surface area contributed by atoms with Gasteiger partial charge in [0.25, 0.3) is 0 Å². The second-order valence-corrected chi connectivity index (χ2v) is 140.